The van der Waals surface area contributed by atoms with Crippen LogP contribution < -0.4 is 5.32 Å². The van der Waals surface area contributed by atoms with E-state index in [9.17, 15) is 0 Å². The predicted octanol–water partition coefficient (Wildman–Crippen LogP) is 4.85. The summed E-state index contributed by atoms with van der Waals surface area (Å²) in [6.45, 7) is 4.57. The van der Waals surface area contributed by atoms with E-state index in [4.69, 9.17) is 11.6 Å². The van der Waals surface area contributed by atoms with E-state index in [1.54, 1.807) is 0 Å². The lowest BCUT2D eigenvalue weighted by Crippen LogP contribution is -2.30. The van der Waals surface area contributed by atoms with Gasteiger partial charge in [-0.2, -0.15) is 0 Å². The monoisotopic (exact) mass is 285 g/mol. The van der Waals surface area contributed by atoms with Crippen LogP contribution in [0.2, 0.25) is 5.02 Å². The number of benzene rings is 1. The molecule has 0 aromatic heterocycles. The molecule has 0 aliphatic carbocycles. The first-order chi connectivity index (χ1) is 8.69. The number of rotatable bonds is 8. The topological polar surface area (TPSA) is 12.0 Å². The maximum Gasteiger partial charge on any atom is 0.0406 e. The highest BCUT2D eigenvalue weighted by Crippen LogP contribution is 2.23. The second-order valence-corrected chi connectivity index (χ2v) is 6.20. The molecule has 0 spiro atoms. The second-order valence-electron chi connectivity index (χ2n) is 4.67. The fraction of sp³-hybridized carbons (Fsp3) is 0.600. The van der Waals surface area contributed by atoms with Crippen molar-refractivity contribution in [1.29, 1.82) is 0 Å². The van der Waals surface area contributed by atoms with Crippen LogP contribution in [-0.4, -0.2) is 18.8 Å². The molecule has 0 amide bonds. The van der Waals surface area contributed by atoms with Gasteiger partial charge >= 0.3 is 0 Å². The number of nitrogens with one attached hydrogen (secondary N) is 1. The fourth-order valence-corrected chi connectivity index (χ4v) is 3.17. The Morgan fingerprint density at radius 3 is 2.28 bits per heavy atom. The van der Waals surface area contributed by atoms with E-state index >= 15 is 0 Å². The van der Waals surface area contributed by atoms with Gasteiger partial charge < -0.3 is 5.32 Å². The number of halogens is 1. The average Bonchev–Trinajstić information content (AvgIpc) is 2.41. The van der Waals surface area contributed by atoms with Crippen molar-refractivity contribution in [3.63, 3.8) is 0 Å². The Labute approximate surface area is 121 Å². The number of hydrogen-bond donors (Lipinski definition) is 1. The molecule has 1 aromatic carbocycles. The Kier molecular flexibility index (Phi) is 7.80. The Morgan fingerprint density at radius 1 is 1.17 bits per heavy atom. The van der Waals surface area contributed by atoms with Crippen LogP contribution in [0.3, 0.4) is 0 Å². The molecule has 0 heterocycles. The normalized spacial score (nSPS) is 12.9. The summed E-state index contributed by atoms with van der Waals surface area (Å²) >= 11 is 7.79. The lowest BCUT2D eigenvalue weighted by Gasteiger charge is -2.21. The summed E-state index contributed by atoms with van der Waals surface area (Å²) in [6, 6.07) is 8.70. The van der Waals surface area contributed by atoms with Crippen LogP contribution in [-0.2, 0) is 0 Å². The number of thioether (sulfide) groups is 1. The van der Waals surface area contributed by atoms with E-state index in [1.165, 1.54) is 24.2 Å². The van der Waals surface area contributed by atoms with Gasteiger partial charge in [-0.25, -0.2) is 0 Å². The van der Waals surface area contributed by atoms with Crippen molar-refractivity contribution in [2.45, 2.75) is 44.0 Å². The minimum absolute atomic E-state index is 0.593. The third-order valence-electron chi connectivity index (χ3n) is 3.45. The van der Waals surface area contributed by atoms with Gasteiger partial charge in [-0.1, -0.05) is 38.3 Å². The molecule has 3 heteroatoms. The zero-order valence-electron chi connectivity index (χ0n) is 11.6. The van der Waals surface area contributed by atoms with Crippen LogP contribution >= 0.6 is 23.4 Å². The van der Waals surface area contributed by atoms with Gasteiger partial charge in [-0.3, -0.25) is 0 Å². The molecule has 0 bridgehead atoms. The third-order valence-corrected chi connectivity index (χ3v) is 4.87. The highest BCUT2D eigenvalue weighted by Gasteiger charge is 2.12. The fourth-order valence-electron chi connectivity index (χ4n) is 2.02. The number of hydrogen-bond acceptors (Lipinski definition) is 2. The Bertz CT molecular complexity index is 322. The second kappa shape index (κ2) is 8.84. The van der Waals surface area contributed by atoms with Crippen molar-refractivity contribution in [1.82, 2.24) is 5.32 Å². The molecule has 18 heavy (non-hydrogen) atoms. The highest BCUT2D eigenvalue weighted by atomic mass is 35.5. The van der Waals surface area contributed by atoms with E-state index in [-0.39, 0.29) is 0 Å². The summed E-state index contributed by atoms with van der Waals surface area (Å²) in [6.07, 6.45) is 3.82. The first-order valence-electron chi connectivity index (χ1n) is 6.75. The first kappa shape index (κ1) is 15.9. The quantitative estimate of drug-likeness (QED) is 0.686. The van der Waals surface area contributed by atoms with Crippen molar-refractivity contribution in [3.05, 3.63) is 29.3 Å². The van der Waals surface area contributed by atoms with Crippen LogP contribution in [0.5, 0.6) is 0 Å². The molecule has 1 atom stereocenters. The Balaban J connectivity index is 2.41. The molecule has 1 N–H and O–H groups in total. The predicted molar refractivity (Wildman–Crippen MR) is 83.7 cm³/mol. The SMILES string of the molecule is CCC(CC)CC(CSc1ccc(Cl)cc1)NC. The van der Waals surface area contributed by atoms with Gasteiger partial charge in [-0.15, -0.1) is 11.8 Å². The summed E-state index contributed by atoms with van der Waals surface area (Å²) in [7, 11) is 2.06. The van der Waals surface area contributed by atoms with Gasteiger partial charge in [0.2, 0.25) is 0 Å². The Morgan fingerprint density at radius 2 is 1.78 bits per heavy atom. The van der Waals surface area contributed by atoms with E-state index < -0.39 is 0 Å². The van der Waals surface area contributed by atoms with Gasteiger partial charge in [-0.05, 0) is 43.7 Å². The molecule has 1 aromatic rings. The van der Waals surface area contributed by atoms with Crippen molar-refractivity contribution >= 4 is 23.4 Å². The highest BCUT2D eigenvalue weighted by molar-refractivity contribution is 7.99. The van der Waals surface area contributed by atoms with Crippen LogP contribution in [0.15, 0.2) is 29.2 Å². The standard InChI is InChI=1S/C15H24ClNS/c1-4-12(5-2)10-14(17-3)11-18-15-8-6-13(16)7-9-15/h6-9,12,14,17H,4-5,10-11H2,1-3H3. The van der Waals surface area contributed by atoms with Gasteiger partial charge in [0.25, 0.3) is 0 Å². The molecule has 1 rings (SSSR count). The summed E-state index contributed by atoms with van der Waals surface area (Å²) < 4.78 is 0. The third kappa shape index (κ3) is 5.64. The smallest absolute Gasteiger partial charge is 0.0406 e. The maximum atomic E-state index is 5.89. The Hall–Kier alpha value is -0.180. The molecule has 0 radical (unpaired) electrons. The molecular weight excluding hydrogens is 262 g/mol. The molecule has 0 saturated carbocycles. The summed E-state index contributed by atoms with van der Waals surface area (Å²) in [4.78, 5) is 1.30. The van der Waals surface area contributed by atoms with Crippen molar-refractivity contribution in [3.8, 4) is 0 Å². The van der Waals surface area contributed by atoms with Crippen LogP contribution in [0, 0.1) is 5.92 Å². The molecule has 1 nitrogen and oxygen atoms in total. The van der Waals surface area contributed by atoms with Gasteiger partial charge in [0.05, 0.1) is 0 Å². The minimum Gasteiger partial charge on any atom is -0.316 e. The summed E-state index contributed by atoms with van der Waals surface area (Å²) in [5, 5.41) is 4.24. The zero-order valence-corrected chi connectivity index (χ0v) is 13.2. The first-order valence-corrected chi connectivity index (χ1v) is 8.11. The van der Waals surface area contributed by atoms with E-state index in [0.717, 1.165) is 16.7 Å². The van der Waals surface area contributed by atoms with Crippen molar-refractivity contribution in [2.24, 2.45) is 5.92 Å². The average molecular weight is 286 g/mol. The molecular formula is C15H24ClNS. The van der Waals surface area contributed by atoms with Gasteiger partial charge in [0.1, 0.15) is 0 Å². The van der Waals surface area contributed by atoms with Gasteiger partial charge in [0, 0.05) is 21.7 Å². The van der Waals surface area contributed by atoms with Gasteiger partial charge in [0.15, 0.2) is 0 Å². The lowest BCUT2D eigenvalue weighted by molar-refractivity contribution is 0.397. The molecule has 0 fully saturated rings. The van der Waals surface area contributed by atoms with E-state index in [1.807, 2.05) is 23.9 Å². The maximum absolute atomic E-state index is 5.89. The van der Waals surface area contributed by atoms with E-state index in [2.05, 4.69) is 38.3 Å². The largest absolute Gasteiger partial charge is 0.316 e. The lowest BCUT2D eigenvalue weighted by atomic mass is 9.95. The van der Waals surface area contributed by atoms with Crippen LogP contribution in [0.1, 0.15) is 33.1 Å². The van der Waals surface area contributed by atoms with E-state index in [0.29, 0.717) is 6.04 Å². The summed E-state index contributed by atoms with van der Waals surface area (Å²) in [5.74, 6) is 1.96. The molecule has 1 unspecified atom stereocenters. The summed E-state index contributed by atoms with van der Waals surface area (Å²) in [5.41, 5.74) is 0. The molecule has 0 aliphatic heterocycles. The van der Waals surface area contributed by atoms with Crippen LogP contribution in [0.4, 0.5) is 0 Å². The molecule has 0 aliphatic rings. The molecule has 0 saturated heterocycles. The minimum atomic E-state index is 0.593. The molecule has 102 valence electrons. The van der Waals surface area contributed by atoms with Crippen LogP contribution in [0.25, 0.3) is 0 Å². The van der Waals surface area contributed by atoms with Crippen molar-refractivity contribution < 1.29 is 0 Å². The zero-order chi connectivity index (χ0) is 13.4. The van der Waals surface area contributed by atoms with Crippen molar-refractivity contribution in [2.75, 3.05) is 12.8 Å².